The maximum absolute atomic E-state index is 11.6. The molecule has 0 spiro atoms. The molecule has 0 saturated heterocycles. The van der Waals surface area contributed by atoms with Crippen LogP contribution >= 0.6 is 0 Å². The van der Waals surface area contributed by atoms with Crippen LogP contribution in [0.4, 0.5) is 0 Å². The number of carboxylic acids is 1. The Bertz CT molecular complexity index is 397. The van der Waals surface area contributed by atoms with E-state index in [1.165, 1.54) is 6.07 Å². The quantitative estimate of drug-likeness (QED) is 0.792. The molecule has 88 valence electrons. The molecule has 1 aromatic heterocycles. The number of amides is 1. The number of hydrogen-bond acceptors (Lipinski definition) is 4. The fourth-order valence-electron chi connectivity index (χ4n) is 1.20. The average molecular weight is 226 g/mol. The van der Waals surface area contributed by atoms with Crippen molar-refractivity contribution in [3.8, 4) is 0 Å². The number of aliphatic carboxylic acids is 1. The van der Waals surface area contributed by atoms with Crippen molar-refractivity contribution in [3.05, 3.63) is 17.5 Å². The van der Waals surface area contributed by atoms with Crippen molar-refractivity contribution in [2.24, 2.45) is 5.92 Å². The van der Waals surface area contributed by atoms with Gasteiger partial charge in [0.2, 0.25) is 5.76 Å². The zero-order valence-corrected chi connectivity index (χ0v) is 9.35. The molecule has 1 unspecified atom stereocenters. The van der Waals surface area contributed by atoms with Crippen molar-refractivity contribution in [1.29, 1.82) is 0 Å². The number of rotatable bonds is 4. The lowest BCUT2D eigenvalue weighted by Gasteiger charge is -2.16. The Labute approximate surface area is 92.6 Å². The summed E-state index contributed by atoms with van der Waals surface area (Å²) < 4.78 is 4.73. The first kappa shape index (κ1) is 12.2. The van der Waals surface area contributed by atoms with Crippen LogP contribution in [0.1, 0.15) is 30.1 Å². The van der Waals surface area contributed by atoms with E-state index in [-0.39, 0.29) is 11.7 Å². The average Bonchev–Trinajstić information content (AvgIpc) is 2.59. The fourth-order valence-corrected chi connectivity index (χ4v) is 1.20. The highest BCUT2D eigenvalue weighted by atomic mass is 16.5. The van der Waals surface area contributed by atoms with Gasteiger partial charge in [-0.05, 0) is 12.8 Å². The third-order valence-electron chi connectivity index (χ3n) is 2.07. The summed E-state index contributed by atoms with van der Waals surface area (Å²) in [5.41, 5.74) is 0.571. The number of carbonyl (C=O) groups is 2. The lowest BCUT2D eigenvalue weighted by atomic mass is 10.0. The number of carboxylic acid groups (broad SMARTS) is 1. The lowest BCUT2D eigenvalue weighted by molar-refractivity contribution is -0.140. The van der Waals surface area contributed by atoms with Crippen LogP contribution in [0.2, 0.25) is 0 Å². The molecule has 1 heterocycles. The van der Waals surface area contributed by atoms with Crippen LogP contribution in [0.3, 0.4) is 0 Å². The summed E-state index contributed by atoms with van der Waals surface area (Å²) in [6.45, 7) is 5.10. The molecule has 0 aliphatic carbocycles. The van der Waals surface area contributed by atoms with Crippen LogP contribution in [0.25, 0.3) is 0 Å². The van der Waals surface area contributed by atoms with Gasteiger partial charge in [0.05, 0.1) is 5.69 Å². The van der Waals surface area contributed by atoms with E-state index < -0.39 is 17.9 Å². The second-order valence-electron chi connectivity index (χ2n) is 3.87. The topological polar surface area (TPSA) is 92.4 Å². The molecular weight excluding hydrogens is 212 g/mol. The predicted octanol–water partition coefficient (Wildman–Crippen LogP) is 0.822. The third-order valence-corrected chi connectivity index (χ3v) is 2.07. The minimum atomic E-state index is -1.07. The monoisotopic (exact) mass is 226 g/mol. The van der Waals surface area contributed by atoms with Crippen molar-refractivity contribution in [3.63, 3.8) is 0 Å². The van der Waals surface area contributed by atoms with E-state index >= 15 is 0 Å². The van der Waals surface area contributed by atoms with Crippen LogP contribution in [-0.2, 0) is 4.79 Å². The van der Waals surface area contributed by atoms with E-state index in [1.807, 2.05) is 0 Å². The van der Waals surface area contributed by atoms with Gasteiger partial charge < -0.3 is 14.9 Å². The molecule has 0 aliphatic rings. The largest absolute Gasteiger partial charge is 0.480 e. The number of nitrogens with one attached hydrogen (secondary N) is 1. The molecule has 1 atom stereocenters. The van der Waals surface area contributed by atoms with Gasteiger partial charge in [-0.2, -0.15) is 0 Å². The van der Waals surface area contributed by atoms with Gasteiger partial charge in [0.25, 0.3) is 5.91 Å². The van der Waals surface area contributed by atoms with Gasteiger partial charge >= 0.3 is 5.97 Å². The standard InChI is InChI=1S/C10H14N2O4/c1-5(2)8(10(14)15)11-9(13)7-4-6(3)12-16-7/h4-5,8H,1-3H3,(H,11,13)(H,14,15). The summed E-state index contributed by atoms with van der Waals surface area (Å²) in [7, 11) is 0. The highest BCUT2D eigenvalue weighted by Crippen LogP contribution is 2.06. The number of nitrogens with zero attached hydrogens (tertiary/aromatic N) is 1. The molecule has 0 radical (unpaired) electrons. The summed E-state index contributed by atoms with van der Waals surface area (Å²) in [5.74, 6) is -1.82. The molecule has 6 nitrogen and oxygen atoms in total. The molecule has 2 N–H and O–H groups in total. The van der Waals surface area contributed by atoms with E-state index in [0.29, 0.717) is 5.69 Å². The SMILES string of the molecule is Cc1cc(C(=O)NC(C(=O)O)C(C)C)on1. The maximum Gasteiger partial charge on any atom is 0.326 e. The molecule has 0 saturated carbocycles. The second-order valence-corrected chi connectivity index (χ2v) is 3.87. The molecule has 16 heavy (non-hydrogen) atoms. The van der Waals surface area contributed by atoms with Crippen LogP contribution in [0.15, 0.2) is 10.6 Å². The van der Waals surface area contributed by atoms with Crippen molar-refractivity contribution >= 4 is 11.9 Å². The summed E-state index contributed by atoms with van der Waals surface area (Å²) >= 11 is 0. The normalized spacial score (nSPS) is 12.5. The Morgan fingerprint density at radius 2 is 2.12 bits per heavy atom. The van der Waals surface area contributed by atoms with Crippen molar-refractivity contribution in [1.82, 2.24) is 10.5 Å². The minimum absolute atomic E-state index is 0.0180. The van der Waals surface area contributed by atoms with E-state index in [0.717, 1.165) is 0 Å². The minimum Gasteiger partial charge on any atom is -0.480 e. The number of carbonyl (C=O) groups excluding carboxylic acids is 1. The maximum atomic E-state index is 11.6. The van der Waals surface area contributed by atoms with Gasteiger partial charge in [-0.3, -0.25) is 4.79 Å². The predicted molar refractivity (Wildman–Crippen MR) is 55.0 cm³/mol. The van der Waals surface area contributed by atoms with Gasteiger partial charge in [0, 0.05) is 6.07 Å². The number of aryl methyl sites for hydroxylation is 1. The summed E-state index contributed by atoms with van der Waals surface area (Å²) in [5, 5.41) is 14.8. The summed E-state index contributed by atoms with van der Waals surface area (Å²) in [6, 6.07) is 0.520. The van der Waals surface area contributed by atoms with Crippen LogP contribution in [0.5, 0.6) is 0 Å². The molecule has 0 aliphatic heterocycles. The summed E-state index contributed by atoms with van der Waals surface area (Å²) in [4.78, 5) is 22.4. The van der Waals surface area contributed by atoms with Crippen LogP contribution in [-0.4, -0.2) is 28.2 Å². The Balaban J connectivity index is 2.73. The molecule has 1 rings (SSSR count). The Morgan fingerprint density at radius 3 is 2.50 bits per heavy atom. The van der Waals surface area contributed by atoms with E-state index in [9.17, 15) is 9.59 Å². The molecule has 1 amide bonds. The Morgan fingerprint density at radius 1 is 1.50 bits per heavy atom. The van der Waals surface area contributed by atoms with E-state index in [1.54, 1.807) is 20.8 Å². The number of hydrogen-bond donors (Lipinski definition) is 2. The Kier molecular flexibility index (Phi) is 3.65. The first-order valence-electron chi connectivity index (χ1n) is 4.88. The first-order valence-corrected chi connectivity index (χ1v) is 4.88. The molecule has 6 heteroatoms. The van der Waals surface area contributed by atoms with E-state index in [2.05, 4.69) is 10.5 Å². The highest BCUT2D eigenvalue weighted by molar-refractivity contribution is 5.94. The molecule has 0 bridgehead atoms. The van der Waals surface area contributed by atoms with Crippen LogP contribution in [0, 0.1) is 12.8 Å². The number of aromatic nitrogens is 1. The van der Waals surface area contributed by atoms with E-state index in [4.69, 9.17) is 9.63 Å². The zero-order valence-electron chi connectivity index (χ0n) is 9.35. The van der Waals surface area contributed by atoms with Crippen molar-refractivity contribution < 1.29 is 19.2 Å². The third kappa shape index (κ3) is 2.82. The van der Waals surface area contributed by atoms with Gasteiger partial charge in [-0.1, -0.05) is 19.0 Å². The fraction of sp³-hybridized carbons (Fsp3) is 0.500. The molecule has 0 aromatic carbocycles. The first-order chi connectivity index (χ1) is 7.41. The second kappa shape index (κ2) is 4.78. The van der Waals surface area contributed by atoms with Crippen molar-refractivity contribution in [2.75, 3.05) is 0 Å². The summed E-state index contributed by atoms with van der Waals surface area (Å²) in [6.07, 6.45) is 0. The van der Waals surface area contributed by atoms with Gasteiger partial charge in [-0.25, -0.2) is 4.79 Å². The smallest absolute Gasteiger partial charge is 0.326 e. The Hall–Kier alpha value is -1.85. The van der Waals surface area contributed by atoms with Crippen molar-refractivity contribution in [2.45, 2.75) is 26.8 Å². The highest BCUT2D eigenvalue weighted by Gasteiger charge is 2.25. The van der Waals surface area contributed by atoms with Gasteiger partial charge in [0.1, 0.15) is 6.04 Å². The zero-order chi connectivity index (χ0) is 12.3. The van der Waals surface area contributed by atoms with Gasteiger partial charge in [0.15, 0.2) is 0 Å². The van der Waals surface area contributed by atoms with Gasteiger partial charge in [-0.15, -0.1) is 0 Å². The van der Waals surface area contributed by atoms with Crippen LogP contribution < -0.4 is 5.32 Å². The molecule has 1 aromatic rings. The molecule has 0 fully saturated rings. The lowest BCUT2D eigenvalue weighted by Crippen LogP contribution is -2.44. The molecular formula is C10H14N2O4.